The highest BCUT2D eigenvalue weighted by molar-refractivity contribution is 6.42. The summed E-state index contributed by atoms with van der Waals surface area (Å²) in [7, 11) is 0. The minimum absolute atomic E-state index is 0.0794. The molecule has 0 unspecified atom stereocenters. The number of amides is 4. The number of terminal acetylenes is 1. The predicted octanol–water partition coefficient (Wildman–Crippen LogP) is 6.08. The van der Waals surface area contributed by atoms with Gasteiger partial charge in [0.25, 0.3) is 0 Å². The predicted molar refractivity (Wildman–Crippen MR) is 185 cm³/mol. The Morgan fingerprint density at radius 2 is 1.77 bits per heavy atom. The van der Waals surface area contributed by atoms with Crippen molar-refractivity contribution in [3.8, 4) is 12.3 Å². The van der Waals surface area contributed by atoms with Crippen molar-refractivity contribution >= 4 is 62.8 Å². The highest BCUT2D eigenvalue weighted by Gasteiger charge is 2.52. The number of carbonyl (C=O) groups is 3. The second-order valence-electron chi connectivity index (χ2n) is 11.9. The molecule has 9 nitrogen and oxygen atoms in total. The molecule has 242 valence electrons. The number of nitrogens with zero attached hydrogens (tertiary/aromatic N) is 4. The highest BCUT2D eigenvalue weighted by Crippen LogP contribution is 2.32. The van der Waals surface area contributed by atoms with Crippen LogP contribution in [0.2, 0.25) is 10.0 Å². The van der Waals surface area contributed by atoms with Crippen LogP contribution in [0.5, 0.6) is 0 Å². The lowest BCUT2D eigenvalue weighted by molar-refractivity contribution is -0.157. The van der Waals surface area contributed by atoms with Crippen LogP contribution in [0.15, 0.2) is 95.6 Å². The lowest BCUT2D eigenvalue weighted by Crippen LogP contribution is -2.66. The van der Waals surface area contributed by atoms with Crippen molar-refractivity contribution in [2.75, 3.05) is 19.6 Å². The quantitative estimate of drug-likeness (QED) is 0.201. The van der Waals surface area contributed by atoms with Gasteiger partial charge in [-0.2, -0.15) is 5.01 Å². The number of furan rings is 1. The van der Waals surface area contributed by atoms with Gasteiger partial charge in [-0.15, -0.1) is 6.42 Å². The van der Waals surface area contributed by atoms with Crippen molar-refractivity contribution in [1.29, 1.82) is 0 Å². The first-order valence-corrected chi connectivity index (χ1v) is 16.3. The average molecular weight is 681 g/mol. The van der Waals surface area contributed by atoms with E-state index < -0.39 is 18.2 Å². The number of urea groups is 1. The number of hydrogen-bond acceptors (Lipinski definition) is 5. The molecule has 48 heavy (non-hydrogen) atoms. The summed E-state index contributed by atoms with van der Waals surface area (Å²) in [5.74, 6) is 2.15. The molecule has 2 atom stereocenters. The molecule has 7 rings (SSSR count). The molecule has 2 fully saturated rings. The van der Waals surface area contributed by atoms with Crippen molar-refractivity contribution in [2.45, 2.75) is 31.7 Å². The molecule has 11 heteroatoms. The van der Waals surface area contributed by atoms with Crippen LogP contribution in [0.3, 0.4) is 0 Å². The maximum atomic E-state index is 14.4. The van der Waals surface area contributed by atoms with Crippen LogP contribution >= 0.6 is 23.2 Å². The standard InChI is InChI=1S/C37H31Cl2N5O4/c1-2-15-42(37(47)40-20-25-10-12-30(38)31(39)18-25)43-23-35(45)44-32(19-24-11-13-33-27(17-24)14-16-48-33)36(46)41(22-34(43)44)21-28-8-5-7-26-6-3-4-9-29(26)28/h1,3-14,16-18,32,34H,15,19-23H2,(H,40,47)/t32-,34+/m0/s1. The fraction of sp³-hybridized carbons (Fsp3) is 0.216. The highest BCUT2D eigenvalue weighted by atomic mass is 35.5. The van der Waals surface area contributed by atoms with Crippen LogP contribution in [0, 0.1) is 12.3 Å². The van der Waals surface area contributed by atoms with Crippen molar-refractivity contribution in [3.63, 3.8) is 0 Å². The maximum absolute atomic E-state index is 14.4. The number of benzene rings is 4. The Balaban J connectivity index is 1.20. The van der Waals surface area contributed by atoms with Crippen LogP contribution in [0.1, 0.15) is 16.7 Å². The van der Waals surface area contributed by atoms with E-state index in [0.717, 1.165) is 38.4 Å². The molecule has 2 aliphatic rings. The minimum Gasteiger partial charge on any atom is -0.464 e. The first kappa shape index (κ1) is 31.6. The minimum atomic E-state index is -0.799. The van der Waals surface area contributed by atoms with E-state index in [0.29, 0.717) is 23.0 Å². The third kappa shape index (κ3) is 6.06. The smallest absolute Gasteiger partial charge is 0.333 e. The summed E-state index contributed by atoms with van der Waals surface area (Å²) in [6.45, 7) is 0.496. The van der Waals surface area contributed by atoms with E-state index in [1.54, 1.807) is 39.3 Å². The summed E-state index contributed by atoms with van der Waals surface area (Å²) >= 11 is 12.2. The molecule has 5 aromatic rings. The van der Waals surface area contributed by atoms with Gasteiger partial charge in [0.15, 0.2) is 0 Å². The number of piperazine rings is 1. The second-order valence-corrected chi connectivity index (χ2v) is 12.7. The number of halogens is 2. The summed E-state index contributed by atoms with van der Waals surface area (Å²) in [5.41, 5.74) is 3.37. The van der Waals surface area contributed by atoms with Crippen LogP contribution in [0.4, 0.5) is 4.79 Å². The number of carbonyl (C=O) groups excluding carboxylic acids is 3. The van der Waals surface area contributed by atoms with Gasteiger partial charge in [0.05, 0.1) is 35.9 Å². The Morgan fingerprint density at radius 3 is 2.60 bits per heavy atom. The molecule has 3 heterocycles. The zero-order chi connectivity index (χ0) is 33.4. The Labute approximate surface area is 287 Å². The zero-order valence-electron chi connectivity index (χ0n) is 25.8. The topological polar surface area (TPSA) is 89.3 Å². The fourth-order valence-corrected chi connectivity index (χ4v) is 7.00. The van der Waals surface area contributed by atoms with Gasteiger partial charge in [-0.05, 0) is 57.8 Å². The molecule has 0 spiro atoms. The van der Waals surface area contributed by atoms with Gasteiger partial charge in [-0.1, -0.05) is 83.7 Å². The van der Waals surface area contributed by atoms with Crippen molar-refractivity contribution in [1.82, 2.24) is 25.1 Å². The molecule has 0 aliphatic carbocycles. The van der Waals surface area contributed by atoms with E-state index in [2.05, 4.69) is 11.2 Å². The van der Waals surface area contributed by atoms with E-state index >= 15 is 0 Å². The SMILES string of the molecule is C#CCN(C(=O)NCc1ccc(Cl)c(Cl)c1)N1CC(=O)N2[C@@H](Cc3ccc4occc4c3)C(=O)N(Cc3cccc4ccccc34)C[C@@H]21. The van der Waals surface area contributed by atoms with E-state index in [1.807, 2.05) is 66.7 Å². The summed E-state index contributed by atoms with van der Waals surface area (Å²) in [4.78, 5) is 45.3. The molecule has 0 radical (unpaired) electrons. The second kappa shape index (κ2) is 13.2. The van der Waals surface area contributed by atoms with Gasteiger partial charge >= 0.3 is 6.03 Å². The molecule has 4 aromatic carbocycles. The molecule has 1 aromatic heterocycles. The first-order valence-electron chi connectivity index (χ1n) is 15.5. The van der Waals surface area contributed by atoms with E-state index in [9.17, 15) is 14.4 Å². The van der Waals surface area contributed by atoms with Crippen LogP contribution in [-0.4, -0.2) is 69.5 Å². The number of rotatable bonds is 8. The number of nitrogens with one attached hydrogen (secondary N) is 1. The fourth-order valence-electron chi connectivity index (χ4n) is 6.68. The molecule has 1 N–H and O–H groups in total. The Hall–Kier alpha value is -5.01. The zero-order valence-corrected chi connectivity index (χ0v) is 27.3. The van der Waals surface area contributed by atoms with Gasteiger partial charge in [0, 0.05) is 24.9 Å². The lowest BCUT2D eigenvalue weighted by atomic mass is 9.98. The van der Waals surface area contributed by atoms with Crippen LogP contribution in [-0.2, 0) is 29.1 Å². The first-order chi connectivity index (χ1) is 23.3. The molecule has 0 saturated carbocycles. The summed E-state index contributed by atoms with van der Waals surface area (Å²) in [6, 6.07) is 25.5. The van der Waals surface area contributed by atoms with Crippen molar-refractivity contribution in [3.05, 3.63) is 118 Å². The average Bonchev–Trinajstić information content (AvgIpc) is 3.69. The van der Waals surface area contributed by atoms with Gasteiger partial charge in [0.2, 0.25) is 11.8 Å². The van der Waals surface area contributed by atoms with E-state index in [1.165, 1.54) is 5.01 Å². The van der Waals surface area contributed by atoms with Crippen molar-refractivity contribution < 1.29 is 18.8 Å². The summed E-state index contributed by atoms with van der Waals surface area (Å²) in [5, 5.41) is 9.77. The monoisotopic (exact) mass is 679 g/mol. The van der Waals surface area contributed by atoms with Crippen LogP contribution < -0.4 is 5.32 Å². The Kier molecular flexibility index (Phi) is 8.71. The molecule has 2 saturated heterocycles. The number of hydrogen-bond donors (Lipinski definition) is 1. The number of fused-ring (bicyclic) bond motifs is 3. The third-order valence-electron chi connectivity index (χ3n) is 8.97. The molecular formula is C37H31Cl2N5O4. The van der Waals surface area contributed by atoms with E-state index in [-0.39, 0.29) is 38.0 Å². The van der Waals surface area contributed by atoms with Crippen LogP contribution in [0.25, 0.3) is 21.7 Å². The Bertz CT molecular complexity index is 2090. The summed E-state index contributed by atoms with van der Waals surface area (Å²) < 4.78 is 5.52. The Morgan fingerprint density at radius 1 is 0.958 bits per heavy atom. The largest absolute Gasteiger partial charge is 0.464 e. The molecule has 4 amide bonds. The molecular weight excluding hydrogens is 649 g/mol. The molecule has 0 bridgehead atoms. The van der Waals surface area contributed by atoms with Gasteiger partial charge in [0.1, 0.15) is 17.8 Å². The third-order valence-corrected chi connectivity index (χ3v) is 9.71. The molecule has 2 aliphatic heterocycles. The maximum Gasteiger partial charge on any atom is 0.333 e. The van der Waals surface area contributed by atoms with E-state index in [4.69, 9.17) is 34.0 Å². The lowest BCUT2D eigenvalue weighted by Gasteiger charge is -2.46. The normalized spacial score (nSPS) is 17.9. The van der Waals surface area contributed by atoms with Crippen molar-refractivity contribution in [2.24, 2.45) is 0 Å². The summed E-state index contributed by atoms with van der Waals surface area (Å²) in [6.07, 6.45) is 7.04. The number of hydrazine groups is 1. The van der Waals surface area contributed by atoms with Gasteiger partial charge in [-0.3, -0.25) is 9.59 Å². The van der Waals surface area contributed by atoms with Gasteiger partial charge < -0.3 is 19.5 Å². The van der Waals surface area contributed by atoms with Gasteiger partial charge in [-0.25, -0.2) is 9.80 Å².